The monoisotopic (exact) mass is 144 g/mol. The Morgan fingerprint density at radius 2 is 2.40 bits per heavy atom. The van der Waals surface area contributed by atoms with Crippen LogP contribution in [-0.4, -0.2) is 30.2 Å². The van der Waals surface area contributed by atoms with E-state index in [1.54, 1.807) is 13.0 Å². The average Bonchev–Trinajstić information content (AvgIpc) is 1.94. The Balaban J connectivity index is 2.45. The molecule has 3 nitrogen and oxygen atoms in total. The Bertz CT molecular complexity index is 124. The molecule has 1 N–H and O–H groups in total. The van der Waals surface area contributed by atoms with Crippen LogP contribution in [0.3, 0.4) is 0 Å². The molecule has 1 aliphatic heterocycles. The molecule has 1 heterocycles. The van der Waals surface area contributed by atoms with Crippen LogP contribution in [0.2, 0.25) is 0 Å². The topological polar surface area (TPSA) is 38.7 Å². The quantitative estimate of drug-likeness (QED) is 0.538. The van der Waals surface area contributed by atoms with Crippen LogP contribution in [0.15, 0.2) is 12.7 Å². The Labute approximate surface area is 60.3 Å². The number of hydrogen-bond donors (Lipinski definition) is 1. The molecule has 0 aromatic heterocycles. The van der Waals surface area contributed by atoms with Crippen LogP contribution < -0.4 is 0 Å². The average molecular weight is 144 g/mol. The maximum atomic E-state index is 9.17. The fourth-order valence-corrected chi connectivity index (χ4v) is 0.893. The standard InChI is InChI=1S/C7H12O3/c1-3-7-6(8)4-9-5(2)10-7/h3,5-8H,1,4H2,2H3. The summed E-state index contributed by atoms with van der Waals surface area (Å²) in [5.74, 6) is 0. The Morgan fingerprint density at radius 1 is 1.70 bits per heavy atom. The predicted molar refractivity (Wildman–Crippen MR) is 36.5 cm³/mol. The van der Waals surface area contributed by atoms with Crippen molar-refractivity contribution in [2.75, 3.05) is 6.61 Å². The van der Waals surface area contributed by atoms with Gasteiger partial charge >= 0.3 is 0 Å². The largest absolute Gasteiger partial charge is 0.388 e. The number of hydrogen-bond acceptors (Lipinski definition) is 3. The summed E-state index contributed by atoms with van der Waals surface area (Å²) < 4.78 is 10.2. The van der Waals surface area contributed by atoms with Gasteiger partial charge in [0.1, 0.15) is 12.2 Å². The highest BCUT2D eigenvalue weighted by molar-refractivity contribution is 4.87. The molecular formula is C7H12O3. The highest BCUT2D eigenvalue weighted by Crippen LogP contribution is 2.12. The van der Waals surface area contributed by atoms with Crippen molar-refractivity contribution in [3.8, 4) is 0 Å². The number of aliphatic hydroxyl groups is 1. The highest BCUT2D eigenvalue weighted by atomic mass is 16.7. The third-order valence-electron chi connectivity index (χ3n) is 1.46. The van der Waals surface area contributed by atoms with Crippen molar-refractivity contribution >= 4 is 0 Å². The smallest absolute Gasteiger partial charge is 0.155 e. The lowest BCUT2D eigenvalue weighted by molar-refractivity contribution is -0.230. The fraction of sp³-hybridized carbons (Fsp3) is 0.714. The molecule has 3 atom stereocenters. The number of aliphatic hydroxyl groups excluding tert-OH is 1. The van der Waals surface area contributed by atoms with Crippen LogP contribution >= 0.6 is 0 Å². The Kier molecular flexibility index (Phi) is 2.43. The van der Waals surface area contributed by atoms with Crippen LogP contribution in [0.25, 0.3) is 0 Å². The fourth-order valence-electron chi connectivity index (χ4n) is 0.893. The van der Waals surface area contributed by atoms with Gasteiger partial charge in [-0.3, -0.25) is 0 Å². The molecule has 0 aliphatic carbocycles. The van der Waals surface area contributed by atoms with Gasteiger partial charge in [0.15, 0.2) is 6.29 Å². The first-order valence-corrected chi connectivity index (χ1v) is 3.31. The summed E-state index contributed by atoms with van der Waals surface area (Å²) in [4.78, 5) is 0. The molecule has 0 bridgehead atoms. The van der Waals surface area contributed by atoms with E-state index in [9.17, 15) is 0 Å². The summed E-state index contributed by atoms with van der Waals surface area (Å²) in [6.45, 7) is 5.65. The molecule has 0 aromatic carbocycles. The van der Waals surface area contributed by atoms with Gasteiger partial charge in [-0.15, -0.1) is 6.58 Å². The van der Waals surface area contributed by atoms with Gasteiger partial charge < -0.3 is 14.6 Å². The lowest BCUT2D eigenvalue weighted by Gasteiger charge is -2.30. The van der Waals surface area contributed by atoms with E-state index in [1.165, 1.54) is 0 Å². The third-order valence-corrected chi connectivity index (χ3v) is 1.46. The van der Waals surface area contributed by atoms with Crippen molar-refractivity contribution in [1.29, 1.82) is 0 Å². The summed E-state index contributed by atoms with van der Waals surface area (Å²) in [5, 5.41) is 9.17. The van der Waals surface area contributed by atoms with Gasteiger partial charge in [0.05, 0.1) is 6.61 Å². The van der Waals surface area contributed by atoms with Gasteiger partial charge in [-0.2, -0.15) is 0 Å². The zero-order chi connectivity index (χ0) is 7.56. The van der Waals surface area contributed by atoms with E-state index in [2.05, 4.69) is 6.58 Å². The van der Waals surface area contributed by atoms with Crippen LogP contribution in [0.5, 0.6) is 0 Å². The Morgan fingerprint density at radius 3 is 2.90 bits per heavy atom. The summed E-state index contributed by atoms with van der Waals surface area (Å²) in [7, 11) is 0. The molecular weight excluding hydrogens is 132 g/mol. The second kappa shape index (κ2) is 3.14. The maximum absolute atomic E-state index is 9.17. The zero-order valence-corrected chi connectivity index (χ0v) is 5.99. The number of rotatable bonds is 1. The van der Waals surface area contributed by atoms with Crippen molar-refractivity contribution in [1.82, 2.24) is 0 Å². The second-order valence-electron chi connectivity index (χ2n) is 2.30. The van der Waals surface area contributed by atoms with Gasteiger partial charge in [0.25, 0.3) is 0 Å². The van der Waals surface area contributed by atoms with Gasteiger partial charge in [-0.1, -0.05) is 6.08 Å². The lowest BCUT2D eigenvalue weighted by Crippen LogP contribution is -2.41. The normalized spacial score (nSPS) is 41.2. The van der Waals surface area contributed by atoms with Crippen molar-refractivity contribution in [2.24, 2.45) is 0 Å². The molecule has 3 unspecified atom stereocenters. The van der Waals surface area contributed by atoms with Gasteiger partial charge in [0, 0.05) is 0 Å². The van der Waals surface area contributed by atoms with Crippen LogP contribution in [0, 0.1) is 0 Å². The molecule has 0 radical (unpaired) electrons. The summed E-state index contributed by atoms with van der Waals surface area (Å²) >= 11 is 0. The minimum atomic E-state index is -0.561. The van der Waals surface area contributed by atoms with Crippen LogP contribution in [0.1, 0.15) is 6.92 Å². The minimum absolute atomic E-state index is 0.230. The van der Waals surface area contributed by atoms with Crippen LogP contribution in [0.4, 0.5) is 0 Å². The van der Waals surface area contributed by atoms with E-state index in [-0.39, 0.29) is 12.4 Å². The molecule has 1 saturated heterocycles. The third kappa shape index (κ3) is 1.56. The van der Waals surface area contributed by atoms with Gasteiger partial charge in [0.2, 0.25) is 0 Å². The molecule has 58 valence electrons. The van der Waals surface area contributed by atoms with E-state index < -0.39 is 6.10 Å². The molecule has 0 spiro atoms. The molecule has 0 amide bonds. The minimum Gasteiger partial charge on any atom is -0.388 e. The predicted octanol–water partition coefficient (Wildman–Crippen LogP) is 0.295. The maximum Gasteiger partial charge on any atom is 0.155 e. The SMILES string of the molecule is C=CC1OC(C)OCC1O. The molecule has 1 aliphatic rings. The number of ether oxygens (including phenoxy) is 2. The van der Waals surface area contributed by atoms with Gasteiger partial charge in [-0.25, -0.2) is 0 Å². The van der Waals surface area contributed by atoms with Crippen molar-refractivity contribution < 1.29 is 14.6 Å². The zero-order valence-electron chi connectivity index (χ0n) is 5.99. The van der Waals surface area contributed by atoms with E-state index in [1.807, 2.05) is 0 Å². The van der Waals surface area contributed by atoms with E-state index in [0.717, 1.165) is 0 Å². The van der Waals surface area contributed by atoms with Crippen LogP contribution in [-0.2, 0) is 9.47 Å². The van der Waals surface area contributed by atoms with Crippen molar-refractivity contribution in [3.05, 3.63) is 12.7 Å². The first kappa shape index (κ1) is 7.72. The molecule has 1 rings (SSSR count). The molecule has 1 fully saturated rings. The molecule has 3 heteroatoms. The van der Waals surface area contributed by atoms with Crippen molar-refractivity contribution in [3.63, 3.8) is 0 Å². The second-order valence-corrected chi connectivity index (χ2v) is 2.30. The Hall–Kier alpha value is -0.380. The summed E-state index contributed by atoms with van der Waals surface area (Å²) in [6, 6.07) is 0. The summed E-state index contributed by atoms with van der Waals surface area (Å²) in [5.41, 5.74) is 0. The molecule has 0 aromatic rings. The van der Waals surface area contributed by atoms with Crippen molar-refractivity contribution in [2.45, 2.75) is 25.4 Å². The summed E-state index contributed by atoms with van der Waals surface area (Å²) in [6.07, 6.45) is 0.521. The highest BCUT2D eigenvalue weighted by Gasteiger charge is 2.25. The lowest BCUT2D eigenvalue weighted by atomic mass is 10.2. The van der Waals surface area contributed by atoms with E-state index >= 15 is 0 Å². The van der Waals surface area contributed by atoms with Gasteiger partial charge in [-0.05, 0) is 6.92 Å². The first-order chi connectivity index (χ1) is 4.74. The molecule has 10 heavy (non-hydrogen) atoms. The van der Waals surface area contributed by atoms with E-state index in [4.69, 9.17) is 14.6 Å². The first-order valence-electron chi connectivity index (χ1n) is 3.31. The van der Waals surface area contributed by atoms with E-state index in [0.29, 0.717) is 6.61 Å². The molecule has 0 saturated carbocycles.